The molecule has 0 radical (unpaired) electrons. The van der Waals surface area contributed by atoms with Crippen molar-refractivity contribution < 1.29 is 52.5 Å². The second-order valence-corrected chi connectivity index (χ2v) is 20.0. The van der Waals surface area contributed by atoms with Crippen LogP contribution in [0.25, 0.3) is 0 Å². The van der Waals surface area contributed by atoms with Gasteiger partial charge in [0.25, 0.3) is 0 Å². The van der Waals surface area contributed by atoms with Crippen LogP contribution in [0.15, 0.2) is 0 Å². The number of hydrogen-bond donors (Lipinski definition) is 2. The van der Waals surface area contributed by atoms with Crippen molar-refractivity contribution in [2.75, 3.05) is 67.5 Å². The zero-order chi connectivity index (χ0) is 42.7. The van der Waals surface area contributed by atoms with E-state index in [-0.39, 0.29) is 45.8 Å². The Labute approximate surface area is 398 Å². The number of nitrogens with zero attached hydrogens (tertiary/aromatic N) is 2. The maximum atomic E-state index is 12.3. The highest BCUT2D eigenvalue weighted by Crippen LogP contribution is 2.16. The van der Waals surface area contributed by atoms with Crippen LogP contribution < -0.4 is 44.6 Å². The van der Waals surface area contributed by atoms with Gasteiger partial charge in [-0.15, -0.1) is 0 Å². The van der Waals surface area contributed by atoms with Crippen LogP contribution in [0.4, 0.5) is 0 Å². The first-order valence-electron chi connectivity index (χ1n) is 26.3. The van der Waals surface area contributed by atoms with Gasteiger partial charge in [0.2, 0.25) is 11.8 Å². The zero-order valence-electron chi connectivity index (χ0n) is 41.6. The van der Waals surface area contributed by atoms with Gasteiger partial charge in [-0.05, 0) is 38.5 Å². The van der Waals surface area contributed by atoms with Crippen molar-refractivity contribution >= 4 is 11.8 Å². The summed E-state index contributed by atoms with van der Waals surface area (Å²) in [6, 6.07) is 0. The summed E-state index contributed by atoms with van der Waals surface area (Å²) in [6.07, 6.45) is 49.5. The molecule has 0 aromatic carbocycles. The first-order valence-corrected chi connectivity index (χ1v) is 26.3. The van der Waals surface area contributed by atoms with Gasteiger partial charge in [0.15, 0.2) is 0 Å². The van der Waals surface area contributed by atoms with Crippen LogP contribution in [0.1, 0.15) is 258 Å². The Balaban J connectivity index is -0.0000162. The molecule has 6 nitrogen and oxygen atoms in total. The number of rotatable bonds is 47. The molecule has 0 rings (SSSR count). The number of unbranched alkanes of at least 4 members (excludes halogenated alkanes) is 31. The van der Waals surface area contributed by atoms with E-state index < -0.39 is 0 Å². The topological polar surface area (TPSA) is 58.2 Å². The average Bonchev–Trinajstić information content (AvgIpc) is 3.19. The van der Waals surface area contributed by atoms with E-state index >= 15 is 0 Å². The molecular formula is C52H108Br2N4O2. The van der Waals surface area contributed by atoms with Gasteiger partial charge in [-0.25, -0.2) is 0 Å². The molecule has 0 heterocycles. The van der Waals surface area contributed by atoms with Crippen LogP contribution in [0, 0.1) is 0 Å². The van der Waals surface area contributed by atoms with Gasteiger partial charge in [0.1, 0.15) is 0 Å². The van der Waals surface area contributed by atoms with Crippen LogP contribution in [0.2, 0.25) is 0 Å². The highest BCUT2D eigenvalue weighted by Gasteiger charge is 2.16. The molecular weight excluding hydrogens is 872 g/mol. The summed E-state index contributed by atoms with van der Waals surface area (Å²) in [5.41, 5.74) is 0. The van der Waals surface area contributed by atoms with Crippen molar-refractivity contribution in [2.45, 2.75) is 258 Å². The minimum atomic E-state index is 0. The minimum Gasteiger partial charge on any atom is -1.00 e. The number of amides is 2. The molecule has 0 spiro atoms. The predicted octanol–water partition coefficient (Wildman–Crippen LogP) is 8.24. The second kappa shape index (κ2) is 48.3. The fourth-order valence-electron chi connectivity index (χ4n) is 8.62. The number of quaternary nitrogens is 2. The Kier molecular flexibility index (Phi) is 51.6. The normalized spacial score (nSPS) is 11.6. The van der Waals surface area contributed by atoms with Gasteiger partial charge in [-0.2, -0.15) is 0 Å². The third-order valence-corrected chi connectivity index (χ3v) is 12.8. The van der Waals surface area contributed by atoms with E-state index in [2.05, 4.69) is 52.7 Å². The van der Waals surface area contributed by atoms with Gasteiger partial charge in [0, 0.05) is 38.8 Å². The van der Waals surface area contributed by atoms with Gasteiger partial charge in [-0.3, -0.25) is 9.59 Å². The number of hydrogen-bond acceptors (Lipinski definition) is 2. The summed E-state index contributed by atoms with van der Waals surface area (Å²) in [5, 5.41) is 6.36. The Morgan fingerprint density at radius 3 is 0.750 bits per heavy atom. The summed E-state index contributed by atoms with van der Waals surface area (Å²) >= 11 is 0. The third-order valence-electron chi connectivity index (χ3n) is 12.8. The van der Waals surface area contributed by atoms with Crippen molar-refractivity contribution in [1.29, 1.82) is 0 Å². The van der Waals surface area contributed by atoms with Crippen LogP contribution in [-0.2, 0) is 9.59 Å². The van der Waals surface area contributed by atoms with Crippen LogP contribution >= 0.6 is 0 Å². The molecule has 0 saturated heterocycles. The molecule has 0 aromatic rings. The molecule has 0 saturated carbocycles. The predicted molar refractivity (Wildman–Crippen MR) is 256 cm³/mol. The van der Waals surface area contributed by atoms with Crippen molar-refractivity contribution in [3.05, 3.63) is 0 Å². The van der Waals surface area contributed by atoms with E-state index in [0.29, 0.717) is 12.8 Å². The zero-order valence-corrected chi connectivity index (χ0v) is 44.8. The van der Waals surface area contributed by atoms with E-state index in [1.54, 1.807) is 0 Å². The quantitative estimate of drug-likeness (QED) is 0.0478. The van der Waals surface area contributed by atoms with E-state index in [4.69, 9.17) is 0 Å². The van der Waals surface area contributed by atoms with Crippen molar-refractivity contribution in [1.82, 2.24) is 10.6 Å². The lowest BCUT2D eigenvalue weighted by Gasteiger charge is -2.31. The summed E-state index contributed by atoms with van der Waals surface area (Å²) in [6.45, 7) is 10.9. The second-order valence-electron chi connectivity index (χ2n) is 20.0. The molecule has 2 amide bonds. The maximum Gasteiger partial charge on any atom is 0.219 e. The lowest BCUT2D eigenvalue weighted by atomic mass is 10.0. The Bertz CT molecular complexity index is 818. The third kappa shape index (κ3) is 50.5. The fraction of sp³-hybridized carbons (Fsp3) is 0.962. The molecule has 60 heavy (non-hydrogen) atoms. The molecule has 0 aromatic heterocycles. The Hall–Kier alpha value is -0.180. The Morgan fingerprint density at radius 1 is 0.300 bits per heavy atom. The molecule has 0 aliphatic rings. The molecule has 8 heteroatoms. The number of carbonyl (C=O) groups excluding carboxylic acids is 2. The largest absolute Gasteiger partial charge is 1.00 e. The minimum absolute atomic E-state index is 0. The van der Waals surface area contributed by atoms with Gasteiger partial charge >= 0.3 is 0 Å². The number of carbonyl (C=O) groups is 2. The highest BCUT2D eigenvalue weighted by atomic mass is 79.9. The smallest absolute Gasteiger partial charge is 0.219 e. The molecule has 0 atom stereocenters. The first kappa shape index (κ1) is 64.1. The van der Waals surface area contributed by atoms with Crippen molar-refractivity contribution in [2.24, 2.45) is 0 Å². The SMILES string of the molecule is CCCCCCCCCCCCCCCCCC(=O)NCCC[N+](C)(C)CCCCCC[N+](C)(C)CCCNC(=O)CCCCCCCCCCCCCCCCC.[Br-].[Br-]. The first-order chi connectivity index (χ1) is 28.1. The monoisotopic (exact) mass is 979 g/mol. The molecule has 2 N–H and O–H groups in total. The van der Waals surface area contributed by atoms with Crippen LogP contribution in [-0.4, -0.2) is 88.2 Å². The standard InChI is InChI=1S/C52H106N4O2.2BrH/c1-7-9-11-13-15-17-19-21-23-25-27-29-31-33-37-43-51(57)53-45-41-49-55(3,4)47-39-35-36-40-48-56(5,6)50-42-46-54-52(58)44-38-34-32-30-28-26-24-22-20-18-16-14-12-10-8-2;;/h7-50H2,1-6H3;2*1H. The van der Waals surface area contributed by atoms with E-state index in [0.717, 1.165) is 60.8 Å². The Morgan fingerprint density at radius 2 is 0.500 bits per heavy atom. The van der Waals surface area contributed by atoms with Crippen LogP contribution in [0.3, 0.4) is 0 Å². The number of nitrogens with one attached hydrogen (secondary N) is 2. The lowest BCUT2D eigenvalue weighted by molar-refractivity contribution is -0.891. The maximum absolute atomic E-state index is 12.3. The molecule has 0 fully saturated rings. The summed E-state index contributed by atoms with van der Waals surface area (Å²) < 4.78 is 2.09. The van der Waals surface area contributed by atoms with E-state index in [9.17, 15) is 9.59 Å². The van der Waals surface area contributed by atoms with Crippen LogP contribution in [0.5, 0.6) is 0 Å². The summed E-state index contributed by atoms with van der Waals surface area (Å²) in [5.74, 6) is 0.494. The summed E-state index contributed by atoms with van der Waals surface area (Å²) in [4.78, 5) is 24.7. The van der Waals surface area contributed by atoms with Gasteiger partial charge in [-0.1, -0.05) is 194 Å². The van der Waals surface area contributed by atoms with Crippen molar-refractivity contribution in [3.8, 4) is 0 Å². The molecule has 0 bridgehead atoms. The van der Waals surface area contributed by atoms with E-state index in [1.165, 1.54) is 219 Å². The molecule has 0 aliphatic carbocycles. The molecule has 362 valence electrons. The lowest BCUT2D eigenvalue weighted by Crippen LogP contribution is -3.00. The molecule has 0 unspecified atom stereocenters. The average molecular weight is 981 g/mol. The highest BCUT2D eigenvalue weighted by molar-refractivity contribution is 5.76. The molecule has 0 aliphatic heterocycles. The fourth-order valence-corrected chi connectivity index (χ4v) is 8.62. The summed E-state index contributed by atoms with van der Waals surface area (Å²) in [7, 11) is 9.38. The van der Waals surface area contributed by atoms with Crippen molar-refractivity contribution in [3.63, 3.8) is 0 Å². The van der Waals surface area contributed by atoms with Gasteiger partial charge < -0.3 is 53.6 Å². The number of halogens is 2. The van der Waals surface area contributed by atoms with Gasteiger partial charge in [0.05, 0.1) is 54.4 Å². The van der Waals surface area contributed by atoms with E-state index in [1.807, 2.05) is 0 Å².